The Morgan fingerprint density at radius 1 is 1.24 bits per heavy atom. The second-order valence-corrected chi connectivity index (χ2v) is 7.37. The predicted molar refractivity (Wildman–Crippen MR) is 100 cm³/mol. The standard InChI is InChI=1S/C19H22Cl2N2O2/c1-23(12-14-5-4-10-25-14)18-7-3-2-6-17(18)22-19(24)13-8-9-15(20)16(21)11-13/h4-5,8-11,17-18H,2-3,6-7,12H2,1H3,(H,22,24)/t17-,18-/m1/s1. The average Bonchev–Trinajstić information content (AvgIpc) is 3.10. The first-order chi connectivity index (χ1) is 12.0. The summed E-state index contributed by atoms with van der Waals surface area (Å²) in [5.74, 6) is 0.824. The monoisotopic (exact) mass is 380 g/mol. The molecule has 1 aliphatic carbocycles. The van der Waals surface area contributed by atoms with Crippen LogP contribution >= 0.6 is 23.2 Å². The van der Waals surface area contributed by atoms with Gasteiger partial charge in [0.1, 0.15) is 5.76 Å². The third kappa shape index (κ3) is 4.57. The fraction of sp³-hybridized carbons (Fsp3) is 0.421. The lowest BCUT2D eigenvalue weighted by molar-refractivity contribution is 0.0850. The first-order valence-corrected chi connectivity index (χ1v) is 9.28. The summed E-state index contributed by atoms with van der Waals surface area (Å²) in [5, 5.41) is 4.02. The Morgan fingerprint density at radius 3 is 2.76 bits per heavy atom. The van der Waals surface area contributed by atoms with Crippen LogP contribution < -0.4 is 5.32 Å². The molecule has 1 heterocycles. The minimum atomic E-state index is -0.109. The van der Waals surface area contributed by atoms with Crippen molar-refractivity contribution in [3.63, 3.8) is 0 Å². The molecule has 1 fully saturated rings. The first-order valence-electron chi connectivity index (χ1n) is 8.53. The van der Waals surface area contributed by atoms with Gasteiger partial charge in [0.2, 0.25) is 0 Å². The Labute approximate surface area is 158 Å². The van der Waals surface area contributed by atoms with Crippen LogP contribution in [0.5, 0.6) is 0 Å². The molecule has 134 valence electrons. The molecule has 2 aromatic rings. The van der Waals surface area contributed by atoms with E-state index in [1.807, 2.05) is 12.1 Å². The number of amides is 1. The van der Waals surface area contributed by atoms with E-state index in [1.54, 1.807) is 24.5 Å². The van der Waals surface area contributed by atoms with Gasteiger partial charge < -0.3 is 9.73 Å². The van der Waals surface area contributed by atoms with Crippen molar-refractivity contribution in [2.45, 2.75) is 44.3 Å². The summed E-state index contributed by atoms with van der Waals surface area (Å²) in [7, 11) is 2.08. The minimum absolute atomic E-state index is 0.107. The van der Waals surface area contributed by atoms with E-state index < -0.39 is 0 Å². The van der Waals surface area contributed by atoms with Gasteiger partial charge >= 0.3 is 0 Å². The van der Waals surface area contributed by atoms with E-state index in [1.165, 1.54) is 6.42 Å². The van der Waals surface area contributed by atoms with Gasteiger partial charge in [0, 0.05) is 17.6 Å². The van der Waals surface area contributed by atoms with Crippen molar-refractivity contribution >= 4 is 29.1 Å². The van der Waals surface area contributed by atoms with Crippen molar-refractivity contribution in [1.82, 2.24) is 10.2 Å². The highest BCUT2D eigenvalue weighted by molar-refractivity contribution is 6.42. The summed E-state index contributed by atoms with van der Waals surface area (Å²) in [6.07, 6.45) is 6.01. The van der Waals surface area contributed by atoms with Gasteiger partial charge in [0.05, 0.1) is 22.9 Å². The summed E-state index contributed by atoms with van der Waals surface area (Å²) in [6, 6.07) is 9.23. The average molecular weight is 381 g/mol. The zero-order chi connectivity index (χ0) is 17.8. The number of nitrogens with one attached hydrogen (secondary N) is 1. The summed E-state index contributed by atoms with van der Waals surface area (Å²) in [4.78, 5) is 14.9. The van der Waals surface area contributed by atoms with Crippen LogP contribution in [0.4, 0.5) is 0 Å². The number of furan rings is 1. The third-order valence-electron chi connectivity index (χ3n) is 4.78. The van der Waals surface area contributed by atoms with Crippen molar-refractivity contribution in [1.29, 1.82) is 0 Å². The number of likely N-dealkylation sites (N-methyl/N-ethyl adjacent to an activating group) is 1. The van der Waals surface area contributed by atoms with E-state index in [0.717, 1.165) is 31.6 Å². The molecule has 1 aromatic heterocycles. The number of benzene rings is 1. The van der Waals surface area contributed by atoms with E-state index in [2.05, 4.69) is 17.3 Å². The highest BCUT2D eigenvalue weighted by Gasteiger charge is 2.30. The Morgan fingerprint density at radius 2 is 2.04 bits per heavy atom. The lowest BCUT2D eigenvalue weighted by atomic mass is 9.89. The number of halogens is 2. The minimum Gasteiger partial charge on any atom is -0.468 e. The molecule has 25 heavy (non-hydrogen) atoms. The van der Waals surface area contributed by atoms with Crippen LogP contribution in [0, 0.1) is 0 Å². The molecule has 0 unspecified atom stereocenters. The molecular formula is C19H22Cl2N2O2. The second kappa shape index (κ2) is 8.26. The molecular weight excluding hydrogens is 359 g/mol. The molecule has 1 saturated carbocycles. The van der Waals surface area contributed by atoms with Crippen LogP contribution in [0.25, 0.3) is 0 Å². The van der Waals surface area contributed by atoms with E-state index in [4.69, 9.17) is 27.6 Å². The van der Waals surface area contributed by atoms with Gasteiger partial charge in [-0.1, -0.05) is 36.0 Å². The maximum atomic E-state index is 12.6. The van der Waals surface area contributed by atoms with Gasteiger partial charge in [-0.25, -0.2) is 0 Å². The molecule has 0 spiro atoms. The van der Waals surface area contributed by atoms with Crippen LogP contribution in [-0.2, 0) is 6.54 Å². The number of rotatable bonds is 5. The fourth-order valence-electron chi connectivity index (χ4n) is 3.46. The fourth-order valence-corrected chi connectivity index (χ4v) is 3.76. The summed E-state index contributed by atoms with van der Waals surface area (Å²) < 4.78 is 5.45. The molecule has 2 atom stereocenters. The first kappa shape index (κ1) is 18.3. The predicted octanol–water partition coefficient (Wildman–Crippen LogP) is 4.76. The van der Waals surface area contributed by atoms with Crippen molar-refractivity contribution in [3.05, 3.63) is 58.0 Å². The summed E-state index contributed by atoms with van der Waals surface area (Å²) >= 11 is 12.0. The van der Waals surface area contributed by atoms with Gasteiger partial charge in [-0.15, -0.1) is 0 Å². The second-order valence-electron chi connectivity index (χ2n) is 6.56. The van der Waals surface area contributed by atoms with Crippen molar-refractivity contribution in [3.8, 4) is 0 Å². The van der Waals surface area contributed by atoms with Gasteiger partial charge in [-0.3, -0.25) is 9.69 Å². The van der Waals surface area contributed by atoms with E-state index in [-0.39, 0.29) is 18.0 Å². The largest absolute Gasteiger partial charge is 0.468 e. The van der Waals surface area contributed by atoms with Crippen LogP contribution in [-0.4, -0.2) is 29.9 Å². The molecule has 1 aliphatic rings. The molecule has 1 aromatic carbocycles. The van der Waals surface area contributed by atoms with Crippen molar-refractivity contribution in [2.75, 3.05) is 7.05 Å². The lowest BCUT2D eigenvalue weighted by Crippen LogP contribution is -2.51. The molecule has 0 radical (unpaired) electrons. The Balaban J connectivity index is 1.67. The van der Waals surface area contributed by atoms with E-state index >= 15 is 0 Å². The maximum Gasteiger partial charge on any atom is 0.251 e. The molecule has 3 rings (SSSR count). The van der Waals surface area contributed by atoms with Crippen LogP contribution in [0.15, 0.2) is 41.0 Å². The highest BCUT2D eigenvalue weighted by atomic mass is 35.5. The van der Waals surface area contributed by atoms with Gasteiger partial charge in [0.15, 0.2) is 0 Å². The smallest absolute Gasteiger partial charge is 0.251 e. The van der Waals surface area contributed by atoms with Crippen LogP contribution in [0.3, 0.4) is 0 Å². The van der Waals surface area contributed by atoms with Gasteiger partial charge in [-0.05, 0) is 50.2 Å². The number of carbonyl (C=O) groups excluding carboxylic acids is 1. The number of carbonyl (C=O) groups is 1. The summed E-state index contributed by atoms with van der Waals surface area (Å²) in [6.45, 7) is 0.733. The Bertz CT molecular complexity index is 718. The maximum absolute atomic E-state index is 12.6. The topological polar surface area (TPSA) is 45.5 Å². The van der Waals surface area contributed by atoms with Gasteiger partial charge in [0.25, 0.3) is 5.91 Å². The molecule has 0 saturated heterocycles. The summed E-state index contributed by atoms with van der Waals surface area (Å²) in [5.41, 5.74) is 0.535. The number of hydrogen-bond acceptors (Lipinski definition) is 3. The molecule has 0 bridgehead atoms. The SMILES string of the molecule is CN(Cc1ccco1)[C@@H]1CCCC[C@H]1NC(=O)c1ccc(Cl)c(Cl)c1. The third-order valence-corrected chi connectivity index (χ3v) is 5.52. The van der Waals surface area contributed by atoms with Crippen molar-refractivity contribution < 1.29 is 9.21 Å². The van der Waals surface area contributed by atoms with E-state index in [0.29, 0.717) is 15.6 Å². The molecule has 4 nitrogen and oxygen atoms in total. The highest BCUT2D eigenvalue weighted by Crippen LogP contribution is 2.26. The molecule has 0 aliphatic heterocycles. The molecule has 1 N–H and O–H groups in total. The van der Waals surface area contributed by atoms with Crippen molar-refractivity contribution in [2.24, 2.45) is 0 Å². The van der Waals surface area contributed by atoms with Gasteiger partial charge in [-0.2, -0.15) is 0 Å². The molecule has 1 amide bonds. The Hall–Kier alpha value is -1.49. The normalized spacial score (nSPS) is 20.6. The number of hydrogen-bond donors (Lipinski definition) is 1. The number of nitrogens with zero attached hydrogens (tertiary/aromatic N) is 1. The van der Waals surface area contributed by atoms with E-state index in [9.17, 15) is 4.79 Å². The lowest BCUT2D eigenvalue weighted by Gasteiger charge is -2.38. The van der Waals surface area contributed by atoms with Crippen LogP contribution in [0.2, 0.25) is 10.0 Å². The quantitative estimate of drug-likeness (QED) is 0.812. The zero-order valence-electron chi connectivity index (χ0n) is 14.2. The van der Waals surface area contributed by atoms with Crippen LogP contribution in [0.1, 0.15) is 41.8 Å². The Kier molecular flexibility index (Phi) is 6.05. The zero-order valence-corrected chi connectivity index (χ0v) is 15.7. The molecule has 6 heteroatoms.